The van der Waals surface area contributed by atoms with Crippen molar-refractivity contribution in [2.75, 3.05) is 39.3 Å². The van der Waals surface area contributed by atoms with Gasteiger partial charge in [-0.05, 0) is 50.1 Å². The van der Waals surface area contributed by atoms with Gasteiger partial charge in [0.25, 0.3) is 0 Å². The van der Waals surface area contributed by atoms with E-state index >= 15 is 0 Å². The van der Waals surface area contributed by atoms with Crippen LogP contribution in [0.5, 0.6) is 0 Å². The Bertz CT molecular complexity index is 468. The average molecular weight is 400 g/mol. The molecular formula is C21H38ClN3O2. The number of nitrogens with one attached hydrogen (secondary N) is 1. The molecule has 27 heavy (non-hydrogen) atoms. The van der Waals surface area contributed by atoms with E-state index in [1.165, 1.54) is 38.5 Å². The van der Waals surface area contributed by atoms with Gasteiger partial charge < -0.3 is 15.1 Å². The Labute approximate surface area is 171 Å². The third kappa shape index (κ3) is 6.63. The summed E-state index contributed by atoms with van der Waals surface area (Å²) in [6, 6.07) is 0. The van der Waals surface area contributed by atoms with Crippen LogP contribution >= 0.6 is 12.4 Å². The molecule has 2 unspecified atom stereocenters. The lowest BCUT2D eigenvalue weighted by Crippen LogP contribution is -2.51. The van der Waals surface area contributed by atoms with Gasteiger partial charge in [-0.2, -0.15) is 0 Å². The Morgan fingerprint density at radius 3 is 2.19 bits per heavy atom. The number of piperidine rings is 1. The van der Waals surface area contributed by atoms with Crippen molar-refractivity contribution in [1.82, 2.24) is 15.1 Å². The second kappa shape index (κ2) is 11.3. The van der Waals surface area contributed by atoms with Gasteiger partial charge in [-0.25, -0.2) is 0 Å². The molecule has 2 saturated heterocycles. The molecule has 1 saturated carbocycles. The van der Waals surface area contributed by atoms with E-state index in [0.717, 1.165) is 25.4 Å². The van der Waals surface area contributed by atoms with Crippen LogP contribution in [0.25, 0.3) is 0 Å². The topological polar surface area (TPSA) is 52.7 Å². The van der Waals surface area contributed by atoms with E-state index in [0.29, 0.717) is 56.8 Å². The number of nitrogens with zero attached hydrogens (tertiary/aromatic N) is 2. The van der Waals surface area contributed by atoms with Crippen molar-refractivity contribution in [3.05, 3.63) is 0 Å². The van der Waals surface area contributed by atoms with E-state index in [1.807, 2.05) is 9.80 Å². The third-order valence-corrected chi connectivity index (χ3v) is 6.86. The van der Waals surface area contributed by atoms with Gasteiger partial charge in [0.1, 0.15) is 0 Å². The Morgan fingerprint density at radius 2 is 1.59 bits per heavy atom. The monoisotopic (exact) mass is 399 g/mol. The molecule has 2 aliphatic heterocycles. The van der Waals surface area contributed by atoms with E-state index < -0.39 is 0 Å². The first kappa shape index (κ1) is 22.5. The highest BCUT2D eigenvalue weighted by Gasteiger charge is 2.28. The largest absolute Gasteiger partial charge is 0.339 e. The van der Waals surface area contributed by atoms with Gasteiger partial charge >= 0.3 is 0 Å². The number of halogens is 1. The molecule has 3 aliphatic rings. The zero-order valence-corrected chi connectivity index (χ0v) is 17.8. The molecule has 5 nitrogen and oxygen atoms in total. The number of piperazine rings is 1. The predicted molar refractivity (Wildman–Crippen MR) is 111 cm³/mol. The van der Waals surface area contributed by atoms with Crippen LogP contribution in [0.15, 0.2) is 0 Å². The molecule has 2 atom stereocenters. The second-order valence-electron chi connectivity index (χ2n) is 8.74. The maximum absolute atomic E-state index is 12.6. The summed E-state index contributed by atoms with van der Waals surface area (Å²) in [5.41, 5.74) is 0. The van der Waals surface area contributed by atoms with Crippen LogP contribution in [0.4, 0.5) is 0 Å². The van der Waals surface area contributed by atoms with Gasteiger partial charge in [0, 0.05) is 39.0 Å². The van der Waals surface area contributed by atoms with Crippen molar-refractivity contribution < 1.29 is 9.59 Å². The van der Waals surface area contributed by atoms with E-state index in [4.69, 9.17) is 0 Å². The number of rotatable bonds is 6. The smallest absolute Gasteiger partial charge is 0.222 e. The Balaban J connectivity index is 0.00000261. The Morgan fingerprint density at radius 1 is 0.963 bits per heavy atom. The van der Waals surface area contributed by atoms with E-state index in [1.54, 1.807) is 0 Å². The molecule has 3 fully saturated rings. The van der Waals surface area contributed by atoms with Crippen molar-refractivity contribution in [1.29, 1.82) is 0 Å². The molecule has 2 heterocycles. The molecule has 0 radical (unpaired) electrons. The molecule has 0 bridgehead atoms. The molecule has 156 valence electrons. The van der Waals surface area contributed by atoms with Crippen molar-refractivity contribution in [3.63, 3.8) is 0 Å². The zero-order chi connectivity index (χ0) is 18.4. The normalized spacial score (nSPS) is 25.1. The number of carbonyl (C=O) groups excluding carboxylic acids is 2. The summed E-state index contributed by atoms with van der Waals surface area (Å²) in [4.78, 5) is 29.0. The lowest BCUT2D eigenvalue weighted by molar-refractivity contribution is -0.140. The fourth-order valence-corrected chi connectivity index (χ4v) is 4.93. The fourth-order valence-electron chi connectivity index (χ4n) is 4.93. The Kier molecular flexibility index (Phi) is 9.37. The molecule has 1 N–H and O–H groups in total. The second-order valence-corrected chi connectivity index (χ2v) is 8.74. The minimum atomic E-state index is 0. The first-order valence-corrected chi connectivity index (χ1v) is 10.9. The van der Waals surface area contributed by atoms with Crippen LogP contribution in [0, 0.1) is 17.8 Å². The quantitative estimate of drug-likeness (QED) is 0.746. The van der Waals surface area contributed by atoms with Crippen molar-refractivity contribution >= 4 is 24.2 Å². The first-order chi connectivity index (χ1) is 12.6. The minimum absolute atomic E-state index is 0. The molecule has 6 heteroatoms. The van der Waals surface area contributed by atoms with Crippen LogP contribution in [0.1, 0.15) is 64.7 Å². The van der Waals surface area contributed by atoms with Crippen LogP contribution in [0.2, 0.25) is 0 Å². The SMILES string of the molecule is CC(CC(=O)N1CCN(C(=O)CCC2CCCC2)CC1)C1CCCNC1.Cl. The van der Waals surface area contributed by atoms with Crippen molar-refractivity contribution in [2.45, 2.75) is 64.7 Å². The van der Waals surface area contributed by atoms with Gasteiger partial charge in [-0.15, -0.1) is 12.4 Å². The van der Waals surface area contributed by atoms with E-state index in [-0.39, 0.29) is 18.3 Å². The number of hydrogen-bond donors (Lipinski definition) is 1. The standard InChI is InChI=1S/C21H37N3O2.ClH/c1-17(19-7-4-10-22-16-19)15-21(26)24-13-11-23(12-14-24)20(25)9-8-18-5-2-3-6-18;/h17-19,22H,2-16H2,1H3;1H. The highest BCUT2D eigenvalue weighted by Crippen LogP contribution is 2.29. The maximum atomic E-state index is 12.6. The summed E-state index contributed by atoms with van der Waals surface area (Å²) in [5.74, 6) is 2.43. The lowest BCUT2D eigenvalue weighted by Gasteiger charge is -2.36. The summed E-state index contributed by atoms with van der Waals surface area (Å²) in [6.07, 6.45) is 10.2. The van der Waals surface area contributed by atoms with Gasteiger partial charge in [-0.3, -0.25) is 9.59 Å². The summed E-state index contributed by atoms with van der Waals surface area (Å²) >= 11 is 0. The Hall–Kier alpha value is -0.810. The van der Waals surface area contributed by atoms with Gasteiger partial charge in [-0.1, -0.05) is 32.6 Å². The maximum Gasteiger partial charge on any atom is 0.222 e. The summed E-state index contributed by atoms with van der Waals surface area (Å²) in [5, 5.41) is 3.45. The van der Waals surface area contributed by atoms with Crippen molar-refractivity contribution in [3.8, 4) is 0 Å². The van der Waals surface area contributed by atoms with E-state index in [2.05, 4.69) is 12.2 Å². The molecule has 0 spiro atoms. The number of amides is 2. The molecule has 0 aromatic heterocycles. The number of hydrogen-bond acceptors (Lipinski definition) is 3. The predicted octanol–water partition coefficient (Wildman–Crippen LogP) is 3.08. The molecule has 0 aromatic carbocycles. The third-order valence-electron chi connectivity index (χ3n) is 6.86. The first-order valence-electron chi connectivity index (χ1n) is 10.9. The van der Waals surface area contributed by atoms with Crippen LogP contribution in [-0.2, 0) is 9.59 Å². The van der Waals surface area contributed by atoms with Crippen molar-refractivity contribution in [2.24, 2.45) is 17.8 Å². The van der Waals surface area contributed by atoms with Gasteiger partial charge in [0.05, 0.1) is 0 Å². The van der Waals surface area contributed by atoms with E-state index in [9.17, 15) is 9.59 Å². The highest BCUT2D eigenvalue weighted by molar-refractivity contribution is 5.85. The average Bonchev–Trinajstić information content (AvgIpc) is 3.20. The lowest BCUT2D eigenvalue weighted by atomic mass is 9.85. The molecular weight excluding hydrogens is 362 g/mol. The summed E-state index contributed by atoms with van der Waals surface area (Å²) in [6.45, 7) is 7.25. The van der Waals surface area contributed by atoms with Crippen LogP contribution < -0.4 is 5.32 Å². The van der Waals surface area contributed by atoms with Gasteiger partial charge in [0.2, 0.25) is 11.8 Å². The minimum Gasteiger partial charge on any atom is -0.339 e. The van der Waals surface area contributed by atoms with Gasteiger partial charge in [0.15, 0.2) is 0 Å². The highest BCUT2D eigenvalue weighted by atomic mass is 35.5. The zero-order valence-electron chi connectivity index (χ0n) is 17.0. The fraction of sp³-hybridized carbons (Fsp3) is 0.905. The molecule has 1 aliphatic carbocycles. The summed E-state index contributed by atoms with van der Waals surface area (Å²) in [7, 11) is 0. The summed E-state index contributed by atoms with van der Waals surface area (Å²) < 4.78 is 0. The van der Waals surface area contributed by atoms with Crippen LogP contribution in [0.3, 0.4) is 0 Å². The molecule has 0 aromatic rings. The molecule has 3 rings (SSSR count). The number of carbonyl (C=O) groups is 2. The van der Waals surface area contributed by atoms with Crippen LogP contribution in [-0.4, -0.2) is 60.9 Å². The molecule has 2 amide bonds.